The molecule has 0 aromatic heterocycles. The first-order chi connectivity index (χ1) is 13.4. The van der Waals surface area contributed by atoms with Crippen molar-refractivity contribution in [3.8, 4) is 0 Å². The molecule has 0 radical (unpaired) electrons. The third-order valence-corrected chi connectivity index (χ3v) is 5.15. The molecule has 0 fully saturated rings. The minimum Gasteiger partial charge on any atom is -0.355 e. The summed E-state index contributed by atoms with van der Waals surface area (Å²) in [5.41, 5.74) is 0.823. The fourth-order valence-corrected chi connectivity index (χ4v) is 3.40. The van der Waals surface area contributed by atoms with E-state index in [1.165, 1.54) is 23.1 Å². The van der Waals surface area contributed by atoms with Crippen LogP contribution in [-0.2, 0) is 22.6 Å². The zero-order valence-electron chi connectivity index (χ0n) is 15.8. The van der Waals surface area contributed by atoms with Gasteiger partial charge in [-0.3, -0.25) is 9.59 Å². The Morgan fingerprint density at radius 2 is 1.75 bits per heavy atom. The van der Waals surface area contributed by atoms with E-state index >= 15 is 0 Å². The Labute approximate surface area is 174 Å². The lowest BCUT2D eigenvalue weighted by atomic mass is 10.1. The van der Waals surface area contributed by atoms with Crippen molar-refractivity contribution < 1.29 is 14.0 Å². The van der Waals surface area contributed by atoms with Crippen LogP contribution in [0.3, 0.4) is 0 Å². The van der Waals surface area contributed by atoms with Gasteiger partial charge in [0.25, 0.3) is 0 Å². The third kappa shape index (κ3) is 5.46. The molecule has 0 spiro atoms. The van der Waals surface area contributed by atoms with Crippen molar-refractivity contribution in [3.63, 3.8) is 0 Å². The molecule has 2 rings (SSSR count). The molecule has 0 aliphatic heterocycles. The van der Waals surface area contributed by atoms with Crippen LogP contribution in [0, 0.1) is 5.82 Å². The van der Waals surface area contributed by atoms with Gasteiger partial charge >= 0.3 is 0 Å². The van der Waals surface area contributed by atoms with Crippen molar-refractivity contribution in [1.82, 2.24) is 10.2 Å². The number of hydrogen-bond acceptors (Lipinski definition) is 2. The molecule has 150 valence electrons. The standard InChI is InChI=1S/C21H23Cl2FN2O2/c1-3-19(21(28)25-4-2)26(13-14-8-5-6-9-16(14)22)20(27)12-15-17(23)10-7-11-18(15)24/h5-11,19H,3-4,12-13H2,1-2H3,(H,25,28)/t19-/m1/s1. The van der Waals surface area contributed by atoms with Gasteiger partial charge in [0.2, 0.25) is 11.8 Å². The molecular weight excluding hydrogens is 402 g/mol. The van der Waals surface area contributed by atoms with Crippen LogP contribution in [0.2, 0.25) is 10.0 Å². The second kappa shape index (κ2) is 10.4. The number of likely N-dealkylation sites (N-methyl/N-ethyl adjacent to an activating group) is 1. The summed E-state index contributed by atoms with van der Waals surface area (Å²) in [6.07, 6.45) is 0.166. The summed E-state index contributed by atoms with van der Waals surface area (Å²) in [6.45, 7) is 4.22. The van der Waals surface area contributed by atoms with Crippen molar-refractivity contribution in [2.75, 3.05) is 6.54 Å². The Morgan fingerprint density at radius 3 is 2.36 bits per heavy atom. The predicted octanol–water partition coefficient (Wildman–Crippen LogP) is 4.62. The fourth-order valence-electron chi connectivity index (χ4n) is 2.98. The van der Waals surface area contributed by atoms with Gasteiger partial charge < -0.3 is 10.2 Å². The van der Waals surface area contributed by atoms with Crippen LogP contribution in [-0.4, -0.2) is 29.3 Å². The fraction of sp³-hybridized carbons (Fsp3) is 0.333. The average molecular weight is 425 g/mol. The van der Waals surface area contributed by atoms with Gasteiger partial charge in [-0.25, -0.2) is 4.39 Å². The Bertz CT molecular complexity index is 825. The van der Waals surface area contributed by atoms with Crippen LogP contribution >= 0.6 is 23.2 Å². The van der Waals surface area contributed by atoms with E-state index in [-0.39, 0.29) is 29.5 Å². The van der Waals surface area contributed by atoms with Crippen LogP contribution in [0.25, 0.3) is 0 Å². The monoisotopic (exact) mass is 424 g/mol. The van der Waals surface area contributed by atoms with E-state index < -0.39 is 17.8 Å². The van der Waals surface area contributed by atoms with Crippen LogP contribution in [0.4, 0.5) is 4.39 Å². The Balaban J connectivity index is 2.37. The first kappa shape index (κ1) is 22.2. The van der Waals surface area contributed by atoms with E-state index in [1.807, 2.05) is 19.9 Å². The highest BCUT2D eigenvalue weighted by Gasteiger charge is 2.29. The molecule has 7 heteroatoms. The predicted molar refractivity (Wildman–Crippen MR) is 110 cm³/mol. The molecule has 0 aliphatic carbocycles. The number of rotatable bonds is 8. The molecule has 0 saturated heterocycles. The quantitative estimate of drug-likeness (QED) is 0.671. The van der Waals surface area contributed by atoms with E-state index in [0.717, 1.165) is 0 Å². The van der Waals surface area contributed by atoms with Crippen molar-refractivity contribution in [2.45, 2.75) is 39.3 Å². The number of benzene rings is 2. The smallest absolute Gasteiger partial charge is 0.242 e. The van der Waals surface area contributed by atoms with Crippen LogP contribution in [0.15, 0.2) is 42.5 Å². The highest BCUT2D eigenvalue weighted by Crippen LogP contribution is 2.23. The number of hydrogen-bond donors (Lipinski definition) is 1. The topological polar surface area (TPSA) is 49.4 Å². The van der Waals surface area contributed by atoms with Gasteiger partial charge in [-0.15, -0.1) is 0 Å². The van der Waals surface area contributed by atoms with Crippen LogP contribution in [0.5, 0.6) is 0 Å². The lowest BCUT2D eigenvalue weighted by Gasteiger charge is -2.31. The minimum absolute atomic E-state index is 0.115. The SMILES string of the molecule is CCNC(=O)[C@@H](CC)N(Cc1ccccc1Cl)C(=O)Cc1c(F)cccc1Cl. The molecule has 0 saturated carbocycles. The average Bonchev–Trinajstić information content (AvgIpc) is 2.66. The number of carbonyl (C=O) groups is 2. The molecule has 0 unspecified atom stereocenters. The maximum absolute atomic E-state index is 14.2. The number of nitrogens with zero attached hydrogens (tertiary/aromatic N) is 1. The first-order valence-electron chi connectivity index (χ1n) is 9.12. The van der Waals surface area contributed by atoms with Crippen molar-refractivity contribution in [2.24, 2.45) is 0 Å². The summed E-state index contributed by atoms with van der Waals surface area (Å²) in [4.78, 5) is 27.1. The van der Waals surface area contributed by atoms with Gasteiger partial charge in [-0.1, -0.05) is 54.4 Å². The summed E-state index contributed by atoms with van der Waals surface area (Å²) >= 11 is 12.3. The van der Waals surface area contributed by atoms with Gasteiger partial charge in [-0.05, 0) is 37.1 Å². The van der Waals surface area contributed by atoms with Gasteiger partial charge in [0, 0.05) is 28.7 Å². The molecule has 0 heterocycles. The van der Waals surface area contributed by atoms with Gasteiger partial charge in [0.05, 0.1) is 6.42 Å². The molecule has 4 nitrogen and oxygen atoms in total. The van der Waals surface area contributed by atoms with Crippen molar-refractivity contribution >= 4 is 35.0 Å². The summed E-state index contributed by atoms with van der Waals surface area (Å²) in [6, 6.07) is 10.7. The number of nitrogens with one attached hydrogen (secondary N) is 1. The van der Waals surface area contributed by atoms with Gasteiger partial charge in [-0.2, -0.15) is 0 Å². The maximum atomic E-state index is 14.2. The van der Waals surface area contributed by atoms with Crippen LogP contribution in [0.1, 0.15) is 31.4 Å². The van der Waals surface area contributed by atoms with E-state index in [0.29, 0.717) is 23.6 Å². The highest BCUT2D eigenvalue weighted by molar-refractivity contribution is 6.31. The summed E-state index contributed by atoms with van der Waals surface area (Å²) in [5.74, 6) is -1.21. The number of carbonyl (C=O) groups excluding carboxylic acids is 2. The van der Waals surface area contributed by atoms with Crippen LogP contribution < -0.4 is 5.32 Å². The van der Waals surface area contributed by atoms with E-state index in [4.69, 9.17) is 23.2 Å². The molecule has 2 aromatic rings. The summed E-state index contributed by atoms with van der Waals surface area (Å²) in [7, 11) is 0. The van der Waals surface area contributed by atoms with Crippen molar-refractivity contribution in [1.29, 1.82) is 0 Å². The van der Waals surface area contributed by atoms with Gasteiger partial charge in [0.1, 0.15) is 11.9 Å². The zero-order chi connectivity index (χ0) is 20.7. The van der Waals surface area contributed by atoms with E-state index in [1.54, 1.807) is 18.2 Å². The van der Waals surface area contributed by atoms with Gasteiger partial charge in [0.15, 0.2) is 0 Å². The Morgan fingerprint density at radius 1 is 1.07 bits per heavy atom. The highest BCUT2D eigenvalue weighted by atomic mass is 35.5. The molecule has 2 amide bonds. The second-order valence-electron chi connectivity index (χ2n) is 6.31. The lowest BCUT2D eigenvalue weighted by Crippen LogP contribution is -2.49. The second-order valence-corrected chi connectivity index (χ2v) is 7.12. The number of amides is 2. The van der Waals surface area contributed by atoms with E-state index in [9.17, 15) is 14.0 Å². The largest absolute Gasteiger partial charge is 0.355 e. The molecule has 1 atom stereocenters. The maximum Gasteiger partial charge on any atom is 0.242 e. The number of halogens is 3. The molecule has 0 bridgehead atoms. The molecule has 28 heavy (non-hydrogen) atoms. The Hall–Kier alpha value is -2.11. The normalized spacial score (nSPS) is 11.8. The first-order valence-corrected chi connectivity index (χ1v) is 9.88. The minimum atomic E-state index is -0.700. The lowest BCUT2D eigenvalue weighted by molar-refractivity contribution is -0.140. The molecule has 2 aromatic carbocycles. The molecule has 0 aliphatic rings. The zero-order valence-corrected chi connectivity index (χ0v) is 17.4. The van der Waals surface area contributed by atoms with E-state index in [2.05, 4.69) is 5.32 Å². The Kier molecular flexibility index (Phi) is 8.27. The third-order valence-electron chi connectivity index (χ3n) is 4.43. The molecular formula is C21H23Cl2FN2O2. The van der Waals surface area contributed by atoms with Crippen molar-refractivity contribution in [3.05, 3.63) is 69.5 Å². The molecule has 1 N–H and O–H groups in total. The summed E-state index contributed by atoms with van der Waals surface area (Å²) in [5, 5.41) is 3.43. The summed E-state index contributed by atoms with van der Waals surface area (Å²) < 4.78 is 14.2.